The van der Waals surface area contributed by atoms with E-state index >= 15 is 0 Å². The number of hydrogen-bond donors (Lipinski definition) is 0. The normalized spacial score (nSPS) is 13.3. The van der Waals surface area contributed by atoms with Crippen LogP contribution in [0.2, 0.25) is 0 Å². The fourth-order valence-corrected chi connectivity index (χ4v) is 3.50. The molecule has 0 spiro atoms. The van der Waals surface area contributed by atoms with Crippen LogP contribution in [0.3, 0.4) is 0 Å². The van der Waals surface area contributed by atoms with Crippen LogP contribution < -0.4 is 0 Å². The lowest BCUT2D eigenvalue weighted by Gasteiger charge is -2.30. The number of rotatable bonds is 2. The number of hydrogen-bond acceptors (Lipinski definition) is 2. The largest absolute Gasteiger partial charge is 0.417 e. The Labute approximate surface area is 181 Å². The minimum Gasteiger partial charge on any atom is -0.265 e. The van der Waals surface area contributed by atoms with Crippen LogP contribution in [0.1, 0.15) is 22.3 Å². The molecule has 3 rings (SSSR count). The summed E-state index contributed by atoms with van der Waals surface area (Å²) in [6.07, 6.45) is -22.0. The van der Waals surface area contributed by atoms with Gasteiger partial charge in [0.25, 0.3) is 0 Å². The molecule has 0 saturated carbocycles. The number of nitrogens with zero attached hydrogens (tertiary/aromatic N) is 2. The molecule has 182 valence electrons. The van der Waals surface area contributed by atoms with Crippen molar-refractivity contribution >= 4 is 0 Å². The van der Waals surface area contributed by atoms with Crippen molar-refractivity contribution in [3.8, 4) is 22.3 Å². The molecular formula is C20H8F12N2. The van der Waals surface area contributed by atoms with Gasteiger partial charge in [0.15, 0.2) is 0 Å². The molecule has 0 atom stereocenters. The minimum atomic E-state index is -6.14. The lowest BCUT2D eigenvalue weighted by atomic mass is 9.80. The van der Waals surface area contributed by atoms with Gasteiger partial charge in [-0.25, -0.2) is 0 Å². The second-order valence-corrected chi connectivity index (χ2v) is 6.71. The van der Waals surface area contributed by atoms with Crippen LogP contribution in [0.5, 0.6) is 0 Å². The summed E-state index contributed by atoms with van der Waals surface area (Å²) in [5.74, 6) is 0. The first-order valence-electron chi connectivity index (χ1n) is 8.79. The third kappa shape index (κ3) is 4.66. The van der Waals surface area contributed by atoms with Gasteiger partial charge in [0.1, 0.15) is 0 Å². The van der Waals surface area contributed by atoms with Gasteiger partial charge in [0.05, 0.1) is 22.3 Å². The maximum absolute atomic E-state index is 14.0. The van der Waals surface area contributed by atoms with Crippen LogP contribution in [0, 0.1) is 0 Å². The van der Waals surface area contributed by atoms with Crippen LogP contribution in [0.4, 0.5) is 52.7 Å². The molecule has 0 bridgehead atoms. The number of benzene rings is 1. The van der Waals surface area contributed by atoms with Crippen molar-refractivity contribution in [2.24, 2.45) is 0 Å². The lowest BCUT2D eigenvalue weighted by Crippen LogP contribution is -2.28. The average Bonchev–Trinajstić information content (AvgIpc) is 2.70. The van der Waals surface area contributed by atoms with E-state index in [4.69, 9.17) is 0 Å². The first-order chi connectivity index (χ1) is 15.5. The van der Waals surface area contributed by atoms with Crippen molar-refractivity contribution in [1.82, 2.24) is 9.97 Å². The van der Waals surface area contributed by atoms with E-state index in [0.717, 1.165) is 0 Å². The van der Waals surface area contributed by atoms with Crippen LogP contribution in [0.25, 0.3) is 22.3 Å². The van der Waals surface area contributed by atoms with Gasteiger partial charge in [-0.15, -0.1) is 0 Å². The van der Waals surface area contributed by atoms with Crippen molar-refractivity contribution in [2.45, 2.75) is 24.7 Å². The summed E-state index contributed by atoms with van der Waals surface area (Å²) in [6.45, 7) is 0. The molecule has 0 aliphatic rings. The Balaban J connectivity index is 2.84. The summed E-state index contributed by atoms with van der Waals surface area (Å²) in [5, 5.41) is 0. The second-order valence-electron chi connectivity index (χ2n) is 6.71. The van der Waals surface area contributed by atoms with Gasteiger partial charge in [-0.3, -0.25) is 9.97 Å². The Bertz CT molecular complexity index is 1030. The first-order valence-corrected chi connectivity index (χ1v) is 8.79. The monoisotopic (exact) mass is 504 g/mol. The molecule has 3 aromatic rings. The zero-order valence-electron chi connectivity index (χ0n) is 16.0. The Morgan fingerprint density at radius 1 is 0.382 bits per heavy atom. The van der Waals surface area contributed by atoms with Crippen LogP contribution in [-0.2, 0) is 24.7 Å². The molecule has 14 heteroatoms. The molecule has 0 aliphatic heterocycles. The molecule has 0 aliphatic carbocycles. The predicted molar refractivity (Wildman–Crippen MR) is 92.9 cm³/mol. The summed E-state index contributed by atoms with van der Waals surface area (Å²) in [6, 6.07) is 1.80. The number of alkyl halides is 12. The summed E-state index contributed by atoms with van der Waals surface area (Å²) in [5.41, 5.74) is -18.6. The highest BCUT2D eigenvalue weighted by molar-refractivity contribution is 5.85. The molecular weight excluding hydrogens is 496 g/mol. The molecule has 0 saturated heterocycles. The zero-order valence-corrected chi connectivity index (χ0v) is 16.0. The Kier molecular flexibility index (Phi) is 6.08. The minimum absolute atomic E-state index is 0.451. The summed E-state index contributed by atoms with van der Waals surface area (Å²) >= 11 is 0. The highest BCUT2D eigenvalue weighted by Gasteiger charge is 2.56. The summed E-state index contributed by atoms with van der Waals surface area (Å²) in [7, 11) is 0. The number of pyridine rings is 2. The fraction of sp³-hybridized carbons (Fsp3) is 0.200. The third-order valence-electron chi connectivity index (χ3n) is 4.57. The quantitative estimate of drug-likeness (QED) is 0.332. The van der Waals surface area contributed by atoms with E-state index in [-0.39, 0.29) is 0 Å². The topological polar surface area (TPSA) is 25.8 Å². The SMILES string of the molecule is FC(F)(F)c1c(-c2ccncc2)c(C(F)(F)F)c(C(F)(F)F)c(-c2ccncc2)c1C(F)(F)F. The second kappa shape index (κ2) is 8.17. The third-order valence-corrected chi connectivity index (χ3v) is 4.57. The maximum Gasteiger partial charge on any atom is 0.417 e. The molecule has 34 heavy (non-hydrogen) atoms. The average molecular weight is 504 g/mol. The molecule has 0 radical (unpaired) electrons. The van der Waals surface area contributed by atoms with E-state index < -0.39 is 69.2 Å². The van der Waals surface area contributed by atoms with E-state index in [1.807, 2.05) is 0 Å². The lowest BCUT2D eigenvalue weighted by molar-refractivity contribution is -0.169. The van der Waals surface area contributed by atoms with E-state index in [9.17, 15) is 52.7 Å². The van der Waals surface area contributed by atoms with Crippen LogP contribution >= 0.6 is 0 Å². The highest BCUT2D eigenvalue weighted by atomic mass is 19.4. The molecule has 2 aromatic heterocycles. The smallest absolute Gasteiger partial charge is 0.265 e. The van der Waals surface area contributed by atoms with Crippen LogP contribution in [0.15, 0.2) is 49.1 Å². The zero-order chi connectivity index (χ0) is 25.7. The number of halogens is 12. The van der Waals surface area contributed by atoms with Crippen molar-refractivity contribution in [3.05, 3.63) is 71.3 Å². The Morgan fingerprint density at radius 3 is 0.765 bits per heavy atom. The van der Waals surface area contributed by atoms with Crippen molar-refractivity contribution in [3.63, 3.8) is 0 Å². The van der Waals surface area contributed by atoms with Gasteiger partial charge in [-0.1, -0.05) is 0 Å². The Morgan fingerprint density at radius 2 is 0.588 bits per heavy atom. The standard InChI is InChI=1S/C20H8F12N2/c21-17(22,23)13-11(9-1-5-33-6-2-9)14(18(24,25)26)16(20(30,31)32)12(15(13)19(27,28)29)10-3-7-34-8-4-10/h1-8H. The van der Waals surface area contributed by atoms with Crippen molar-refractivity contribution in [1.29, 1.82) is 0 Å². The van der Waals surface area contributed by atoms with Gasteiger partial charge >= 0.3 is 24.7 Å². The van der Waals surface area contributed by atoms with E-state index in [1.54, 1.807) is 0 Å². The molecule has 2 nitrogen and oxygen atoms in total. The predicted octanol–water partition coefficient (Wildman–Crippen LogP) is 7.89. The molecule has 0 amide bonds. The first kappa shape index (κ1) is 25.3. The van der Waals surface area contributed by atoms with Gasteiger partial charge < -0.3 is 0 Å². The fourth-order valence-electron chi connectivity index (χ4n) is 3.50. The highest BCUT2D eigenvalue weighted by Crippen LogP contribution is 2.57. The van der Waals surface area contributed by atoms with Gasteiger partial charge in [-0.2, -0.15) is 52.7 Å². The molecule has 2 heterocycles. The van der Waals surface area contributed by atoms with E-state index in [0.29, 0.717) is 49.1 Å². The van der Waals surface area contributed by atoms with Gasteiger partial charge in [0, 0.05) is 35.9 Å². The Hall–Kier alpha value is -3.32. The molecule has 0 N–H and O–H groups in total. The summed E-state index contributed by atoms with van der Waals surface area (Å²) in [4.78, 5) is 6.70. The van der Waals surface area contributed by atoms with Gasteiger partial charge in [0.2, 0.25) is 0 Å². The van der Waals surface area contributed by atoms with E-state index in [2.05, 4.69) is 9.97 Å². The molecule has 0 fully saturated rings. The van der Waals surface area contributed by atoms with E-state index in [1.165, 1.54) is 0 Å². The van der Waals surface area contributed by atoms with Gasteiger partial charge in [-0.05, 0) is 35.4 Å². The van der Waals surface area contributed by atoms with Crippen molar-refractivity contribution in [2.75, 3.05) is 0 Å². The maximum atomic E-state index is 14.0. The molecule has 0 unspecified atom stereocenters. The molecule has 1 aromatic carbocycles. The summed E-state index contributed by atoms with van der Waals surface area (Å²) < 4.78 is 168. The van der Waals surface area contributed by atoms with Crippen LogP contribution in [-0.4, -0.2) is 9.97 Å². The van der Waals surface area contributed by atoms with Crippen molar-refractivity contribution < 1.29 is 52.7 Å². The number of aromatic nitrogens is 2.